The zero-order chi connectivity index (χ0) is 13.7. The van der Waals surface area contributed by atoms with Crippen LogP contribution >= 0.6 is 11.3 Å². The van der Waals surface area contributed by atoms with Crippen LogP contribution in [0.4, 0.5) is 0 Å². The van der Waals surface area contributed by atoms with Gasteiger partial charge < -0.3 is 11.1 Å². The molecule has 3 nitrogen and oxygen atoms in total. The minimum absolute atomic E-state index is 0.202. The van der Waals surface area contributed by atoms with E-state index in [-0.39, 0.29) is 17.9 Å². The molecule has 3 N–H and O–H groups in total. The number of nitrogens with two attached hydrogens (primary N) is 1. The smallest absolute Gasteiger partial charge is 0.223 e. The molecule has 1 saturated carbocycles. The molecule has 1 aliphatic carbocycles. The van der Waals surface area contributed by atoms with E-state index >= 15 is 0 Å². The van der Waals surface area contributed by atoms with Gasteiger partial charge in [0.1, 0.15) is 0 Å². The Labute approximate surface area is 119 Å². The Bertz CT molecular complexity index is 383. The number of carbonyl (C=O) groups is 1. The lowest BCUT2D eigenvalue weighted by molar-refractivity contribution is -0.126. The van der Waals surface area contributed by atoms with E-state index in [9.17, 15) is 4.79 Å². The second kappa shape index (κ2) is 7.06. The fourth-order valence-corrected chi connectivity index (χ4v) is 3.64. The highest BCUT2D eigenvalue weighted by Gasteiger charge is 2.26. The second-order valence-corrected chi connectivity index (χ2v) is 6.68. The van der Waals surface area contributed by atoms with Crippen molar-refractivity contribution in [1.82, 2.24) is 5.32 Å². The quantitative estimate of drug-likeness (QED) is 0.871. The Hall–Kier alpha value is -0.870. The average Bonchev–Trinajstić information content (AvgIpc) is 2.91. The summed E-state index contributed by atoms with van der Waals surface area (Å²) in [4.78, 5) is 13.5. The maximum atomic E-state index is 12.2. The molecule has 1 amide bonds. The summed E-state index contributed by atoms with van der Waals surface area (Å²) >= 11 is 1.75. The largest absolute Gasteiger partial charge is 0.353 e. The molecule has 1 atom stereocenters. The average molecular weight is 280 g/mol. The number of hydrogen-bond donors (Lipinski definition) is 2. The van der Waals surface area contributed by atoms with E-state index in [4.69, 9.17) is 5.73 Å². The second-order valence-electron chi connectivity index (χ2n) is 5.65. The Morgan fingerprint density at radius 3 is 2.79 bits per heavy atom. The van der Waals surface area contributed by atoms with Crippen molar-refractivity contribution in [2.75, 3.05) is 6.54 Å². The van der Waals surface area contributed by atoms with Crippen molar-refractivity contribution in [2.45, 2.75) is 45.1 Å². The minimum Gasteiger partial charge on any atom is -0.353 e. The molecule has 1 aromatic heterocycles. The van der Waals surface area contributed by atoms with E-state index in [1.54, 1.807) is 11.3 Å². The molecule has 4 heteroatoms. The van der Waals surface area contributed by atoms with E-state index in [2.05, 4.69) is 29.8 Å². The molecule has 0 bridgehead atoms. The number of rotatable bonds is 5. The molecule has 2 rings (SSSR count). The fourth-order valence-electron chi connectivity index (χ4n) is 2.80. The molecule has 1 fully saturated rings. The molecule has 0 aliphatic heterocycles. The van der Waals surface area contributed by atoms with Crippen LogP contribution in [0.2, 0.25) is 0 Å². The van der Waals surface area contributed by atoms with Crippen LogP contribution < -0.4 is 11.1 Å². The molecule has 106 valence electrons. The van der Waals surface area contributed by atoms with Crippen molar-refractivity contribution in [2.24, 2.45) is 17.6 Å². The van der Waals surface area contributed by atoms with Crippen LogP contribution in [0, 0.1) is 11.8 Å². The van der Waals surface area contributed by atoms with Gasteiger partial charge in [0, 0.05) is 23.3 Å². The summed E-state index contributed by atoms with van der Waals surface area (Å²) in [6, 6.07) is 4.40. The Morgan fingerprint density at radius 2 is 2.21 bits per heavy atom. The van der Waals surface area contributed by atoms with Gasteiger partial charge in [0.25, 0.3) is 0 Å². The van der Waals surface area contributed by atoms with Gasteiger partial charge in [-0.3, -0.25) is 4.79 Å². The SMILES string of the molecule is CC(Cc1cccs1)NC(=O)C1CCC(CN)CC1. The summed E-state index contributed by atoms with van der Waals surface area (Å²) in [5.74, 6) is 1.07. The summed E-state index contributed by atoms with van der Waals surface area (Å²) in [5, 5.41) is 5.24. The molecule has 1 aromatic rings. The first-order valence-electron chi connectivity index (χ1n) is 7.22. The van der Waals surface area contributed by atoms with Crippen LogP contribution in [-0.4, -0.2) is 18.5 Å². The van der Waals surface area contributed by atoms with Gasteiger partial charge in [0.2, 0.25) is 5.91 Å². The predicted molar refractivity (Wildman–Crippen MR) is 80.1 cm³/mol. The molecular weight excluding hydrogens is 256 g/mol. The molecule has 19 heavy (non-hydrogen) atoms. The van der Waals surface area contributed by atoms with Crippen molar-refractivity contribution in [3.63, 3.8) is 0 Å². The van der Waals surface area contributed by atoms with Crippen LogP contribution in [0.3, 0.4) is 0 Å². The highest BCUT2D eigenvalue weighted by Crippen LogP contribution is 2.28. The van der Waals surface area contributed by atoms with E-state index < -0.39 is 0 Å². The summed E-state index contributed by atoms with van der Waals surface area (Å²) in [6.07, 6.45) is 5.14. The van der Waals surface area contributed by atoms with Gasteiger partial charge in [-0.15, -0.1) is 11.3 Å². The summed E-state index contributed by atoms with van der Waals surface area (Å²) in [6.45, 7) is 2.85. The van der Waals surface area contributed by atoms with Gasteiger partial charge >= 0.3 is 0 Å². The number of nitrogens with one attached hydrogen (secondary N) is 1. The van der Waals surface area contributed by atoms with Crippen molar-refractivity contribution in [1.29, 1.82) is 0 Å². The first-order chi connectivity index (χ1) is 9.19. The molecule has 0 aromatic carbocycles. The maximum Gasteiger partial charge on any atom is 0.223 e. The summed E-state index contributed by atoms with van der Waals surface area (Å²) in [7, 11) is 0. The number of amides is 1. The predicted octanol–water partition coefficient (Wildman–Crippen LogP) is 2.56. The lowest BCUT2D eigenvalue weighted by Crippen LogP contribution is -2.40. The van der Waals surface area contributed by atoms with Gasteiger partial charge in [-0.1, -0.05) is 6.07 Å². The van der Waals surface area contributed by atoms with Gasteiger partial charge in [0.15, 0.2) is 0 Å². The normalized spacial score (nSPS) is 24.9. The lowest BCUT2D eigenvalue weighted by Gasteiger charge is -2.27. The lowest BCUT2D eigenvalue weighted by atomic mass is 9.81. The van der Waals surface area contributed by atoms with Crippen LogP contribution in [0.15, 0.2) is 17.5 Å². The van der Waals surface area contributed by atoms with Crippen molar-refractivity contribution >= 4 is 17.2 Å². The standard InChI is InChI=1S/C15H24N2OS/c1-11(9-14-3-2-8-19-14)17-15(18)13-6-4-12(10-16)5-7-13/h2-3,8,11-13H,4-7,9-10,16H2,1H3,(H,17,18). The number of carbonyl (C=O) groups excluding carboxylic acids is 1. The maximum absolute atomic E-state index is 12.2. The van der Waals surface area contributed by atoms with Crippen LogP contribution in [0.1, 0.15) is 37.5 Å². The molecule has 0 spiro atoms. The van der Waals surface area contributed by atoms with Crippen molar-refractivity contribution in [3.05, 3.63) is 22.4 Å². The first-order valence-corrected chi connectivity index (χ1v) is 8.09. The molecular formula is C15H24N2OS. The third-order valence-corrected chi connectivity index (χ3v) is 4.93. The fraction of sp³-hybridized carbons (Fsp3) is 0.667. The van der Waals surface area contributed by atoms with Crippen LogP contribution in [0.5, 0.6) is 0 Å². The molecule has 0 radical (unpaired) electrons. The van der Waals surface area contributed by atoms with Gasteiger partial charge in [-0.2, -0.15) is 0 Å². The van der Waals surface area contributed by atoms with Gasteiger partial charge in [0.05, 0.1) is 0 Å². The van der Waals surface area contributed by atoms with E-state index in [0.717, 1.165) is 38.6 Å². The Kier molecular flexibility index (Phi) is 5.40. The van der Waals surface area contributed by atoms with E-state index in [0.29, 0.717) is 5.92 Å². The van der Waals surface area contributed by atoms with Crippen LogP contribution in [-0.2, 0) is 11.2 Å². The first kappa shape index (κ1) is 14.5. The highest BCUT2D eigenvalue weighted by molar-refractivity contribution is 7.09. The highest BCUT2D eigenvalue weighted by atomic mass is 32.1. The van der Waals surface area contributed by atoms with Crippen LogP contribution in [0.25, 0.3) is 0 Å². The summed E-state index contributed by atoms with van der Waals surface area (Å²) < 4.78 is 0. The summed E-state index contributed by atoms with van der Waals surface area (Å²) in [5.41, 5.74) is 5.68. The molecule has 1 heterocycles. The molecule has 1 aliphatic rings. The zero-order valence-corrected chi connectivity index (χ0v) is 12.4. The molecule has 1 unspecified atom stereocenters. The van der Waals surface area contributed by atoms with Gasteiger partial charge in [-0.05, 0) is 56.5 Å². The van der Waals surface area contributed by atoms with Crippen molar-refractivity contribution < 1.29 is 4.79 Å². The zero-order valence-electron chi connectivity index (χ0n) is 11.6. The number of thiophene rings is 1. The monoisotopic (exact) mass is 280 g/mol. The third kappa shape index (κ3) is 4.32. The van der Waals surface area contributed by atoms with E-state index in [1.165, 1.54) is 4.88 Å². The third-order valence-electron chi connectivity index (χ3n) is 4.03. The topological polar surface area (TPSA) is 55.1 Å². The minimum atomic E-state index is 0.202. The van der Waals surface area contributed by atoms with Gasteiger partial charge in [-0.25, -0.2) is 0 Å². The Balaban J connectivity index is 1.74. The Morgan fingerprint density at radius 1 is 1.47 bits per heavy atom. The van der Waals surface area contributed by atoms with Crippen molar-refractivity contribution in [3.8, 4) is 0 Å². The molecule has 0 saturated heterocycles. The number of hydrogen-bond acceptors (Lipinski definition) is 3. The van der Waals surface area contributed by atoms with E-state index in [1.807, 2.05) is 0 Å².